The average molecular weight is 276 g/mol. The molecule has 0 amide bonds. The van der Waals surface area contributed by atoms with E-state index < -0.39 is 5.82 Å². The summed E-state index contributed by atoms with van der Waals surface area (Å²) in [6.07, 6.45) is 0. The fourth-order valence-corrected chi connectivity index (χ4v) is 1.79. The second-order valence-corrected chi connectivity index (χ2v) is 4.56. The van der Waals surface area contributed by atoms with Crippen LogP contribution in [0.4, 0.5) is 8.78 Å². The molecular formula is C16H14F2O2. The molecule has 0 fully saturated rings. The quantitative estimate of drug-likeness (QED) is 0.787. The maximum Gasteiger partial charge on any atom is 0.165 e. The lowest BCUT2D eigenvalue weighted by Crippen LogP contribution is -2.01. The molecule has 0 aliphatic heterocycles. The predicted molar refractivity (Wildman–Crippen MR) is 71.9 cm³/mol. The van der Waals surface area contributed by atoms with Gasteiger partial charge in [0.1, 0.15) is 12.4 Å². The Morgan fingerprint density at radius 1 is 1.15 bits per heavy atom. The van der Waals surface area contributed by atoms with Gasteiger partial charge >= 0.3 is 0 Å². The zero-order valence-electron chi connectivity index (χ0n) is 11.2. The number of ether oxygens (including phenoxy) is 1. The zero-order valence-corrected chi connectivity index (χ0v) is 11.2. The third-order valence-electron chi connectivity index (χ3n) is 3.03. The summed E-state index contributed by atoms with van der Waals surface area (Å²) in [6, 6.07) is 8.40. The number of halogens is 2. The molecule has 2 aromatic rings. The lowest BCUT2D eigenvalue weighted by Gasteiger charge is -2.10. The number of carbonyl (C=O) groups is 1. The lowest BCUT2D eigenvalue weighted by molar-refractivity contribution is 0.101. The van der Waals surface area contributed by atoms with Gasteiger partial charge in [0.05, 0.1) is 0 Å². The molecule has 0 atom stereocenters. The van der Waals surface area contributed by atoms with Gasteiger partial charge in [0, 0.05) is 5.56 Å². The third-order valence-corrected chi connectivity index (χ3v) is 3.03. The van der Waals surface area contributed by atoms with E-state index in [9.17, 15) is 13.6 Å². The second-order valence-electron chi connectivity index (χ2n) is 4.56. The number of hydrogen-bond acceptors (Lipinski definition) is 2. The van der Waals surface area contributed by atoms with Crippen LogP contribution in [-0.4, -0.2) is 5.78 Å². The van der Waals surface area contributed by atoms with Crippen LogP contribution >= 0.6 is 0 Å². The Balaban J connectivity index is 2.15. The van der Waals surface area contributed by atoms with Gasteiger partial charge < -0.3 is 4.74 Å². The van der Waals surface area contributed by atoms with Gasteiger partial charge in [0.2, 0.25) is 0 Å². The van der Waals surface area contributed by atoms with E-state index in [1.54, 1.807) is 6.07 Å². The molecule has 0 saturated heterocycles. The number of Topliss-reactive ketones (excluding diaryl/α,β-unsaturated/α-hetero) is 1. The summed E-state index contributed by atoms with van der Waals surface area (Å²) >= 11 is 0. The van der Waals surface area contributed by atoms with Crippen molar-refractivity contribution in [3.63, 3.8) is 0 Å². The monoisotopic (exact) mass is 276 g/mol. The average Bonchev–Trinajstić information content (AvgIpc) is 2.40. The summed E-state index contributed by atoms with van der Waals surface area (Å²) in [4.78, 5) is 11.1. The molecule has 4 heteroatoms. The van der Waals surface area contributed by atoms with Crippen molar-refractivity contribution in [2.45, 2.75) is 20.5 Å². The molecule has 0 spiro atoms. The molecule has 0 aliphatic carbocycles. The highest BCUT2D eigenvalue weighted by Crippen LogP contribution is 2.21. The van der Waals surface area contributed by atoms with E-state index in [4.69, 9.17) is 4.74 Å². The van der Waals surface area contributed by atoms with E-state index in [-0.39, 0.29) is 29.5 Å². The number of rotatable bonds is 4. The minimum atomic E-state index is -0.605. The van der Waals surface area contributed by atoms with Crippen LogP contribution in [0, 0.1) is 18.6 Å². The molecule has 0 heterocycles. The van der Waals surface area contributed by atoms with E-state index >= 15 is 0 Å². The summed E-state index contributed by atoms with van der Waals surface area (Å²) in [7, 11) is 0. The van der Waals surface area contributed by atoms with Crippen molar-refractivity contribution in [2.75, 3.05) is 0 Å². The molecule has 0 saturated carbocycles. The number of ketones is 1. The fourth-order valence-electron chi connectivity index (χ4n) is 1.79. The first-order chi connectivity index (χ1) is 9.47. The predicted octanol–water partition coefficient (Wildman–Crippen LogP) is 4.05. The Morgan fingerprint density at radius 2 is 1.90 bits per heavy atom. The van der Waals surface area contributed by atoms with E-state index in [0.29, 0.717) is 5.56 Å². The number of aryl methyl sites for hydroxylation is 1. The van der Waals surface area contributed by atoms with Crippen molar-refractivity contribution < 1.29 is 18.3 Å². The second kappa shape index (κ2) is 5.82. The highest BCUT2D eigenvalue weighted by atomic mass is 19.1. The summed E-state index contributed by atoms with van der Waals surface area (Å²) in [5.41, 5.74) is 1.81. The molecule has 0 bridgehead atoms. The molecule has 20 heavy (non-hydrogen) atoms. The van der Waals surface area contributed by atoms with Gasteiger partial charge in [-0.25, -0.2) is 8.78 Å². The maximum atomic E-state index is 13.7. The summed E-state index contributed by atoms with van der Waals surface area (Å²) in [6.45, 7) is 3.26. The summed E-state index contributed by atoms with van der Waals surface area (Å²) < 4.78 is 32.2. The van der Waals surface area contributed by atoms with Crippen molar-refractivity contribution >= 4 is 5.78 Å². The minimum absolute atomic E-state index is 0.0404. The number of carbonyl (C=O) groups excluding carboxylic acids is 1. The van der Waals surface area contributed by atoms with Crippen LogP contribution in [0.3, 0.4) is 0 Å². The molecular weight excluding hydrogens is 262 g/mol. The van der Waals surface area contributed by atoms with Crippen LogP contribution in [0.1, 0.15) is 28.4 Å². The summed E-state index contributed by atoms with van der Waals surface area (Å²) in [5, 5.41) is 0. The Hall–Kier alpha value is -2.23. The van der Waals surface area contributed by atoms with Crippen molar-refractivity contribution in [2.24, 2.45) is 0 Å². The van der Waals surface area contributed by atoms with Crippen LogP contribution < -0.4 is 4.74 Å². The Morgan fingerprint density at radius 3 is 2.55 bits per heavy atom. The van der Waals surface area contributed by atoms with Crippen LogP contribution in [0.15, 0.2) is 36.4 Å². The normalized spacial score (nSPS) is 10.4. The minimum Gasteiger partial charge on any atom is -0.486 e. The van der Waals surface area contributed by atoms with Crippen LogP contribution in [0.5, 0.6) is 5.75 Å². The smallest absolute Gasteiger partial charge is 0.165 e. The molecule has 2 nitrogen and oxygen atoms in total. The first-order valence-electron chi connectivity index (χ1n) is 6.15. The van der Waals surface area contributed by atoms with E-state index in [2.05, 4.69) is 0 Å². The Bertz CT molecular complexity index is 651. The first kappa shape index (κ1) is 14.2. The molecule has 0 aliphatic rings. The molecule has 2 rings (SSSR count). The van der Waals surface area contributed by atoms with Gasteiger partial charge in [-0.15, -0.1) is 0 Å². The topological polar surface area (TPSA) is 26.3 Å². The molecule has 2 aromatic carbocycles. The molecule has 0 aromatic heterocycles. The van der Waals surface area contributed by atoms with E-state index in [1.165, 1.54) is 31.2 Å². The largest absolute Gasteiger partial charge is 0.486 e. The molecule has 0 unspecified atom stereocenters. The Kier molecular flexibility index (Phi) is 4.13. The molecule has 104 valence electrons. The molecule has 0 radical (unpaired) electrons. The van der Waals surface area contributed by atoms with Crippen molar-refractivity contribution in [3.05, 3.63) is 64.7 Å². The maximum absolute atomic E-state index is 13.7. The highest BCUT2D eigenvalue weighted by molar-refractivity contribution is 5.94. The molecule has 0 N–H and O–H groups in total. The van der Waals surface area contributed by atoms with Crippen molar-refractivity contribution in [3.8, 4) is 5.75 Å². The van der Waals surface area contributed by atoms with Crippen LogP contribution in [0.2, 0.25) is 0 Å². The van der Waals surface area contributed by atoms with Gasteiger partial charge in [0.15, 0.2) is 17.3 Å². The fraction of sp³-hybridized carbons (Fsp3) is 0.188. The van der Waals surface area contributed by atoms with Gasteiger partial charge in [-0.1, -0.05) is 6.07 Å². The third kappa shape index (κ3) is 3.20. The highest BCUT2D eigenvalue weighted by Gasteiger charge is 2.08. The Labute approximate surface area is 116 Å². The SMILES string of the molecule is CC(=O)c1ccc(OCc2cc(F)ccc2C)c(F)c1. The number of hydrogen-bond donors (Lipinski definition) is 0. The van der Waals surface area contributed by atoms with Crippen molar-refractivity contribution in [1.82, 2.24) is 0 Å². The van der Waals surface area contributed by atoms with Gasteiger partial charge in [-0.3, -0.25) is 4.79 Å². The summed E-state index contributed by atoms with van der Waals surface area (Å²) in [5.74, 6) is -1.14. The van der Waals surface area contributed by atoms with Gasteiger partial charge in [0.25, 0.3) is 0 Å². The first-order valence-corrected chi connectivity index (χ1v) is 6.15. The standard InChI is InChI=1S/C16H14F2O2/c1-10-3-5-14(17)7-13(10)9-20-16-6-4-12(11(2)19)8-15(16)18/h3-8H,9H2,1-2H3. The van der Waals surface area contributed by atoms with E-state index in [0.717, 1.165) is 11.6 Å². The zero-order chi connectivity index (χ0) is 14.7. The van der Waals surface area contributed by atoms with Gasteiger partial charge in [-0.2, -0.15) is 0 Å². The van der Waals surface area contributed by atoms with Gasteiger partial charge in [-0.05, 0) is 55.3 Å². The lowest BCUT2D eigenvalue weighted by atomic mass is 10.1. The van der Waals surface area contributed by atoms with E-state index in [1.807, 2.05) is 6.92 Å². The number of benzene rings is 2. The van der Waals surface area contributed by atoms with Crippen molar-refractivity contribution in [1.29, 1.82) is 0 Å². The van der Waals surface area contributed by atoms with Crippen LogP contribution in [0.25, 0.3) is 0 Å². The van der Waals surface area contributed by atoms with Crippen LogP contribution in [-0.2, 0) is 6.61 Å².